The summed E-state index contributed by atoms with van der Waals surface area (Å²) in [6.45, 7) is 1.94. The lowest BCUT2D eigenvalue weighted by atomic mass is 10.1. The molecule has 0 heterocycles. The molecule has 0 aliphatic carbocycles. The van der Waals surface area contributed by atoms with E-state index in [0.29, 0.717) is 5.69 Å². The first-order valence-corrected chi connectivity index (χ1v) is 7.53. The zero-order chi connectivity index (χ0) is 16.7. The Labute approximate surface area is 135 Å². The molecule has 2 rings (SSSR count). The number of carbonyl (C=O) groups excluding carboxylic acids is 1. The minimum atomic E-state index is -0.512. The van der Waals surface area contributed by atoms with E-state index >= 15 is 0 Å². The summed E-state index contributed by atoms with van der Waals surface area (Å²) in [5.74, 6) is -0.366. The smallest absolute Gasteiger partial charge is 0.319 e. The van der Waals surface area contributed by atoms with Crippen LogP contribution in [0.1, 0.15) is 18.9 Å². The minimum Gasteiger partial charge on any atom is -0.494 e. The topological polar surface area (TPSA) is 50.4 Å². The van der Waals surface area contributed by atoms with Gasteiger partial charge in [0.05, 0.1) is 7.11 Å². The molecule has 0 radical (unpaired) electrons. The van der Waals surface area contributed by atoms with Gasteiger partial charge in [-0.1, -0.05) is 30.3 Å². The van der Waals surface area contributed by atoms with E-state index in [9.17, 15) is 9.18 Å². The number of amides is 2. The molecule has 0 saturated carbocycles. The standard InChI is InChI=1S/C18H21FN2O2/c1-13(8-9-14-6-4-3-5-7-14)20-18(22)21-15-10-11-17(23-2)16(19)12-15/h3-7,10-13H,8-9H2,1-2H3,(H2,20,21,22). The molecule has 122 valence electrons. The summed E-state index contributed by atoms with van der Waals surface area (Å²) < 4.78 is 18.4. The van der Waals surface area contributed by atoms with Gasteiger partial charge in [-0.25, -0.2) is 9.18 Å². The SMILES string of the molecule is COc1ccc(NC(=O)NC(C)CCc2ccccc2)cc1F. The van der Waals surface area contributed by atoms with E-state index in [-0.39, 0.29) is 17.8 Å². The predicted octanol–water partition coefficient (Wildman–Crippen LogP) is 3.98. The summed E-state index contributed by atoms with van der Waals surface area (Å²) in [4.78, 5) is 11.9. The van der Waals surface area contributed by atoms with Crippen molar-refractivity contribution in [2.45, 2.75) is 25.8 Å². The van der Waals surface area contributed by atoms with Crippen molar-refractivity contribution in [2.75, 3.05) is 12.4 Å². The summed E-state index contributed by atoms with van der Waals surface area (Å²) in [6.07, 6.45) is 1.72. The first-order chi connectivity index (χ1) is 11.1. The van der Waals surface area contributed by atoms with Gasteiger partial charge in [0.15, 0.2) is 11.6 Å². The molecule has 23 heavy (non-hydrogen) atoms. The van der Waals surface area contributed by atoms with Crippen LogP contribution >= 0.6 is 0 Å². The summed E-state index contributed by atoms with van der Waals surface area (Å²) in [5.41, 5.74) is 1.62. The van der Waals surface area contributed by atoms with Crippen LogP contribution in [0, 0.1) is 5.82 Å². The number of methoxy groups -OCH3 is 1. The number of carbonyl (C=O) groups is 1. The molecular weight excluding hydrogens is 295 g/mol. The van der Waals surface area contributed by atoms with Gasteiger partial charge in [0.1, 0.15) is 0 Å². The zero-order valence-corrected chi connectivity index (χ0v) is 13.3. The van der Waals surface area contributed by atoms with Gasteiger partial charge in [0.2, 0.25) is 0 Å². The number of rotatable bonds is 6. The highest BCUT2D eigenvalue weighted by Crippen LogP contribution is 2.20. The minimum absolute atomic E-state index is 0.0123. The first-order valence-electron chi connectivity index (χ1n) is 7.53. The van der Waals surface area contributed by atoms with E-state index in [2.05, 4.69) is 22.8 Å². The number of urea groups is 1. The van der Waals surface area contributed by atoms with Crippen LogP contribution in [0.5, 0.6) is 5.75 Å². The number of ether oxygens (including phenoxy) is 1. The largest absolute Gasteiger partial charge is 0.494 e. The molecule has 4 nitrogen and oxygen atoms in total. The molecule has 2 aromatic carbocycles. The summed E-state index contributed by atoms with van der Waals surface area (Å²) in [6, 6.07) is 14.1. The highest BCUT2D eigenvalue weighted by Gasteiger charge is 2.09. The van der Waals surface area contributed by atoms with Gasteiger partial charge >= 0.3 is 6.03 Å². The second kappa shape index (κ2) is 8.17. The van der Waals surface area contributed by atoms with Crippen LogP contribution in [0.2, 0.25) is 0 Å². The lowest BCUT2D eigenvalue weighted by Crippen LogP contribution is -2.36. The number of anilines is 1. The summed E-state index contributed by atoms with van der Waals surface area (Å²) in [5, 5.41) is 5.46. The fourth-order valence-electron chi connectivity index (χ4n) is 2.24. The molecule has 2 N–H and O–H groups in total. The second-order valence-corrected chi connectivity index (χ2v) is 5.37. The molecule has 0 aliphatic rings. The first kappa shape index (κ1) is 16.8. The maximum atomic E-state index is 13.6. The van der Waals surface area contributed by atoms with Gasteiger partial charge in [0.25, 0.3) is 0 Å². The Balaban J connectivity index is 1.80. The number of hydrogen-bond acceptors (Lipinski definition) is 2. The van der Waals surface area contributed by atoms with Gasteiger partial charge in [-0.3, -0.25) is 0 Å². The van der Waals surface area contributed by atoms with Crippen LogP contribution in [0.25, 0.3) is 0 Å². The Morgan fingerprint density at radius 1 is 1.22 bits per heavy atom. The van der Waals surface area contributed by atoms with Crippen LogP contribution in [-0.4, -0.2) is 19.2 Å². The molecule has 2 aromatic rings. The van der Waals surface area contributed by atoms with Crippen LogP contribution < -0.4 is 15.4 Å². The highest BCUT2D eigenvalue weighted by molar-refractivity contribution is 5.89. The Morgan fingerprint density at radius 2 is 1.96 bits per heavy atom. The van der Waals surface area contributed by atoms with E-state index in [4.69, 9.17) is 4.74 Å². The van der Waals surface area contributed by atoms with E-state index < -0.39 is 5.82 Å². The van der Waals surface area contributed by atoms with Crippen molar-refractivity contribution in [2.24, 2.45) is 0 Å². The maximum absolute atomic E-state index is 13.6. The van der Waals surface area contributed by atoms with Gasteiger partial charge in [-0.2, -0.15) is 0 Å². The third-order valence-electron chi connectivity index (χ3n) is 3.50. The number of aryl methyl sites for hydroxylation is 1. The van der Waals surface area contributed by atoms with Crippen LogP contribution in [0.4, 0.5) is 14.9 Å². The monoisotopic (exact) mass is 316 g/mol. The molecule has 1 atom stereocenters. The molecule has 0 bridgehead atoms. The van der Waals surface area contributed by atoms with E-state index in [1.54, 1.807) is 6.07 Å². The van der Waals surface area contributed by atoms with Crippen LogP contribution in [0.15, 0.2) is 48.5 Å². The fraction of sp³-hybridized carbons (Fsp3) is 0.278. The zero-order valence-electron chi connectivity index (χ0n) is 13.3. The van der Waals surface area contributed by atoms with Gasteiger partial charge in [-0.05, 0) is 37.5 Å². The third kappa shape index (κ3) is 5.29. The average molecular weight is 316 g/mol. The maximum Gasteiger partial charge on any atom is 0.319 e. The lowest BCUT2D eigenvalue weighted by Gasteiger charge is -2.15. The number of halogens is 1. The van der Waals surface area contributed by atoms with Gasteiger partial charge < -0.3 is 15.4 Å². The Bertz CT molecular complexity index is 647. The van der Waals surface area contributed by atoms with Crippen LogP contribution in [0.3, 0.4) is 0 Å². The Kier molecular flexibility index (Phi) is 5.97. The summed E-state index contributed by atoms with van der Waals surface area (Å²) >= 11 is 0. The molecule has 5 heteroatoms. The van der Waals surface area contributed by atoms with Gasteiger partial charge in [-0.15, -0.1) is 0 Å². The van der Waals surface area contributed by atoms with Crippen molar-refractivity contribution in [3.05, 3.63) is 59.9 Å². The van der Waals surface area contributed by atoms with Crippen LogP contribution in [-0.2, 0) is 6.42 Å². The molecule has 0 aromatic heterocycles. The van der Waals surface area contributed by atoms with E-state index in [1.807, 2.05) is 25.1 Å². The lowest BCUT2D eigenvalue weighted by molar-refractivity contribution is 0.248. The van der Waals surface area contributed by atoms with Crippen molar-refractivity contribution in [1.29, 1.82) is 0 Å². The molecular formula is C18H21FN2O2. The second-order valence-electron chi connectivity index (χ2n) is 5.37. The van der Waals surface area contributed by atoms with Crippen molar-refractivity contribution in [3.8, 4) is 5.75 Å². The number of hydrogen-bond donors (Lipinski definition) is 2. The van der Waals surface area contributed by atoms with Gasteiger partial charge in [0, 0.05) is 17.8 Å². The molecule has 0 saturated heterocycles. The van der Waals surface area contributed by atoms with E-state index in [0.717, 1.165) is 12.8 Å². The number of nitrogens with one attached hydrogen (secondary N) is 2. The Hall–Kier alpha value is -2.56. The molecule has 0 aliphatic heterocycles. The highest BCUT2D eigenvalue weighted by atomic mass is 19.1. The van der Waals surface area contributed by atoms with Crippen molar-refractivity contribution in [3.63, 3.8) is 0 Å². The molecule has 0 spiro atoms. The van der Waals surface area contributed by atoms with Crippen molar-refractivity contribution in [1.82, 2.24) is 5.32 Å². The molecule has 0 fully saturated rings. The average Bonchev–Trinajstić information content (AvgIpc) is 2.54. The third-order valence-corrected chi connectivity index (χ3v) is 3.50. The quantitative estimate of drug-likeness (QED) is 0.847. The van der Waals surface area contributed by atoms with Crippen molar-refractivity contribution >= 4 is 11.7 Å². The van der Waals surface area contributed by atoms with E-state index in [1.165, 1.54) is 24.8 Å². The van der Waals surface area contributed by atoms with Crippen molar-refractivity contribution < 1.29 is 13.9 Å². The normalized spacial score (nSPS) is 11.6. The molecule has 1 unspecified atom stereocenters. The molecule has 2 amide bonds. The fourth-order valence-corrected chi connectivity index (χ4v) is 2.24. The summed E-state index contributed by atoms with van der Waals surface area (Å²) in [7, 11) is 1.40. The Morgan fingerprint density at radius 3 is 2.61 bits per heavy atom. The number of benzene rings is 2. The predicted molar refractivity (Wildman–Crippen MR) is 89.3 cm³/mol.